The Bertz CT molecular complexity index is 594. The maximum atomic E-state index is 10.5. The van der Waals surface area contributed by atoms with E-state index in [-0.39, 0.29) is 18.3 Å². The monoisotopic (exact) mass is 398 g/mol. The quantitative estimate of drug-likeness (QED) is 0.423. The summed E-state index contributed by atoms with van der Waals surface area (Å²) in [7, 11) is 0. The first-order chi connectivity index (χ1) is 12.9. The molecule has 0 bridgehead atoms. The van der Waals surface area contributed by atoms with Crippen molar-refractivity contribution >= 4 is 17.6 Å². The second kappa shape index (κ2) is 11.0. The molecule has 6 heteroatoms. The SMILES string of the molecule is O=C(O)CCCCCC[C@@H]1C(CCC(O)c2ccccc2Cl)[C@H](O)C[C@@H]1O. The van der Waals surface area contributed by atoms with Crippen molar-refractivity contribution < 1.29 is 25.2 Å². The minimum atomic E-state index is -0.763. The standard InChI is InChI=1S/C21H31ClO5/c22-17-9-6-5-8-16(17)18(23)12-11-15-14(19(24)13-20(15)25)7-3-1-2-4-10-21(26)27/h5-6,8-9,14-15,18-20,23-25H,1-4,7,10-13H2,(H,26,27)/t14-,15?,18?,19+,20-/m1/s1. The molecule has 0 radical (unpaired) electrons. The van der Waals surface area contributed by atoms with Gasteiger partial charge in [-0.15, -0.1) is 0 Å². The average Bonchev–Trinajstić information content (AvgIpc) is 2.89. The lowest BCUT2D eigenvalue weighted by molar-refractivity contribution is -0.137. The summed E-state index contributed by atoms with van der Waals surface area (Å²) in [5.74, 6) is -0.768. The average molecular weight is 399 g/mol. The van der Waals surface area contributed by atoms with Crippen molar-refractivity contribution in [2.75, 3.05) is 0 Å². The number of hydrogen-bond acceptors (Lipinski definition) is 4. The Kier molecular flexibility index (Phi) is 9.03. The van der Waals surface area contributed by atoms with Crippen molar-refractivity contribution in [3.05, 3.63) is 34.9 Å². The molecule has 27 heavy (non-hydrogen) atoms. The Morgan fingerprint density at radius 2 is 1.67 bits per heavy atom. The molecular weight excluding hydrogens is 368 g/mol. The summed E-state index contributed by atoms with van der Waals surface area (Å²) < 4.78 is 0. The Hall–Kier alpha value is -1.14. The Labute approximate surface area is 166 Å². The predicted molar refractivity (Wildman–Crippen MR) is 105 cm³/mol. The number of hydrogen-bond donors (Lipinski definition) is 4. The number of unbranched alkanes of at least 4 members (excludes halogenated alkanes) is 3. The summed E-state index contributed by atoms with van der Waals surface area (Å²) in [6, 6.07) is 7.22. The van der Waals surface area contributed by atoms with E-state index in [4.69, 9.17) is 16.7 Å². The van der Waals surface area contributed by atoms with E-state index in [0.717, 1.165) is 25.7 Å². The first-order valence-corrected chi connectivity index (χ1v) is 10.3. The van der Waals surface area contributed by atoms with Crippen molar-refractivity contribution in [2.45, 2.75) is 76.1 Å². The fraction of sp³-hybridized carbons (Fsp3) is 0.667. The highest BCUT2D eigenvalue weighted by Gasteiger charge is 2.40. The van der Waals surface area contributed by atoms with Crippen molar-refractivity contribution in [1.29, 1.82) is 0 Å². The molecule has 2 rings (SSSR count). The number of carbonyl (C=O) groups is 1. The van der Waals surface area contributed by atoms with Gasteiger partial charge in [0.2, 0.25) is 0 Å². The molecule has 1 aromatic carbocycles. The fourth-order valence-corrected chi connectivity index (χ4v) is 4.50. The third-order valence-electron chi connectivity index (χ3n) is 5.74. The van der Waals surface area contributed by atoms with Crippen LogP contribution in [0.4, 0.5) is 0 Å². The molecule has 1 aliphatic carbocycles. The molecule has 5 atom stereocenters. The van der Waals surface area contributed by atoms with Gasteiger partial charge in [0.1, 0.15) is 0 Å². The second-order valence-corrected chi connectivity index (χ2v) is 8.07. The first-order valence-electron chi connectivity index (χ1n) is 9.90. The number of carboxylic acids is 1. The van der Waals surface area contributed by atoms with Crippen molar-refractivity contribution in [1.82, 2.24) is 0 Å². The van der Waals surface area contributed by atoms with Gasteiger partial charge in [-0.25, -0.2) is 0 Å². The molecule has 1 fully saturated rings. The number of halogens is 1. The number of aliphatic carboxylic acids is 1. The summed E-state index contributed by atoms with van der Waals surface area (Å²) in [5.41, 5.74) is 0.696. The van der Waals surface area contributed by atoms with Crippen LogP contribution in [0.25, 0.3) is 0 Å². The molecule has 1 saturated carbocycles. The largest absolute Gasteiger partial charge is 0.481 e. The van der Waals surface area contributed by atoms with Crippen LogP contribution in [0.2, 0.25) is 5.02 Å². The van der Waals surface area contributed by atoms with Gasteiger partial charge in [-0.1, -0.05) is 49.1 Å². The van der Waals surface area contributed by atoms with Gasteiger partial charge in [0.25, 0.3) is 0 Å². The molecule has 0 saturated heterocycles. The van der Waals surface area contributed by atoms with Gasteiger partial charge in [0, 0.05) is 11.4 Å². The summed E-state index contributed by atoms with van der Waals surface area (Å²) in [5, 5.41) is 40.3. The predicted octanol–water partition coefficient (Wildman–Crippen LogP) is 3.94. The second-order valence-electron chi connectivity index (χ2n) is 7.66. The topological polar surface area (TPSA) is 98.0 Å². The van der Waals surface area contributed by atoms with Gasteiger partial charge >= 0.3 is 5.97 Å². The molecule has 0 spiro atoms. The molecule has 2 unspecified atom stereocenters. The number of rotatable bonds is 11. The molecule has 1 aliphatic rings. The Morgan fingerprint density at radius 3 is 2.33 bits per heavy atom. The van der Waals surface area contributed by atoms with Gasteiger partial charge in [-0.3, -0.25) is 4.79 Å². The molecule has 1 aromatic rings. The van der Waals surface area contributed by atoms with Gasteiger partial charge in [0.05, 0.1) is 18.3 Å². The van der Waals surface area contributed by atoms with Crippen LogP contribution in [0.3, 0.4) is 0 Å². The smallest absolute Gasteiger partial charge is 0.303 e. The van der Waals surface area contributed by atoms with E-state index in [1.165, 1.54) is 0 Å². The molecule has 0 amide bonds. The third kappa shape index (κ3) is 6.75. The highest BCUT2D eigenvalue weighted by Crippen LogP contribution is 2.40. The summed E-state index contributed by atoms with van der Waals surface area (Å²) in [4.78, 5) is 10.5. The van der Waals surface area contributed by atoms with Crippen LogP contribution in [0.5, 0.6) is 0 Å². The summed E-state index contributed by atoms with van der Waals surface area (Å²) >= 11 is 6.14. The number of aliphatic hydroxyl groups is 3. The van der Waals surface area contributed by atoms with Crippen LogP contribution in [0, 0.1) is 11.8 Å². The molecule has 152 valence electrons. The lowest BCUT2D eigenvalue weighted by Gasteiger charge is -2.25. The molecule has 0 aliphatic heterocycles. The zero-order chi connectivity index (χ0) is 19.8. The van der Waals surface area contributed by atoms with Gasteiger partial charge in [-0.05, 0) is 55.6 Å². The third-order valence-corrected chi connectivity index (χ3v) is 6.08. The van der Waals surface area contributed by atoms with E-state index >= 15 is 0 Å². The normalized spacial score (nSPS) is 26.2. The van der Waals surface area contributed by atoms with E-state index in [2.05, 4.69) is 0 Å². The summed E-state index contributed by atoms with van der Waals surface area (Å²) in [6.07, 6.45) is 4.19. The first kappa shape index (κ1) is 22.2. The van der Waals surface area contributed by atoms with E-state index in [1.807, 2.05) is 18.2 Å². The van der Waals surface area contributed by atoms with Crippen LogP contribution in [0.15, 0.2) is 24.3 Å². The zero-order valence-corrected chi connectivity index (χ0v) is 16.4. The number of carboxylic acid groups (broad SMARTS) is 1. The zero-order valence-electron chi connectivity index (χ0n) is 15.6. The minimum absolute atomic E-state index is 0.0259. The van der Waals surface area contributed by atoms with E-state index < -0.39 is 24.3 Å². The van der Waals surface area contributed by atoms with Crippen LogP contribution in [0.1, 0.15) is 69.5 Å². The van der Waals surface area contributed by atoms with Gasteiger partial charge in [0.15, 0.2) is 0 Å². The van der Waals surface area contributed by atoms with Crippen molar-refractivity contribution in [2.24, 2.45) is 11.8 Å². The molecular formula is C21H31ClO5. The molecule has 4 N–H and O–H groups in total. The Balaban J connectivity index is 1.80. The fourth-order valence-electron chi connectivity index (χ4n) is 4.24. The van der Waals surface area contributed by atoms with Crippen molar-refractivity contribution in [3.8, 4) is 0 Å². The highest BCUT2D eigenvalue weighted by atomic mass is 35.5. The van der Waals surface area contributed by atoms with Gasteiger partial charge < -0.3 is 20.4 Å². The lowest BCUT2D eigenvalue weighted by atomic mass is 9.84. The lowest BCUT2D eigenvalue weighted by Crippen LogP contribution is -2.23. The van der Waals surface area contributed by atoms with Crippen LogP contribution < -0.4 is 0 Å². The van der Waals surface area contributed by atoms with E-state index in [1.54, 1.807) is 6.07 Å². The number of benzene rings is 1. The number of aliphatic hydroxyl groups excluding tert-OH is 3. The van der Waals surface area contributed by atoms with Crippen LogP contribution >= 0.6 is 11.6 Å². The van der Waals surface area contributed by atoms with Gasteiger partial charge in [-0.2, -0.15) is 0 Å². The van der Waals surface area contributed by atoms with Crippen LogP contribution in [-0.2, 0) is 4.79 Å². The van der Waals surface area contributed by atoms with E-state index in [9.17, 15) is 20.1 Å². The minimum Gasteiger partial charge on any atom is -0.481 e. The van der Waals surface area contributed by atoms with Crippen LogP contribution in [-0.4, -0.2) is 38.6 Å². The maximum Gasteiger partial charge on any atom is 0.303 e. The molecule has 0 aromatic heterocycles. The highest BCUT2D eigenvalue weighted by molar-refractivity contribution is 6.31. The maximum absolute atomic E-state index is 10.5. The van der Waals surface area contributed by atoms with Crippen molar-refractivity contribution in [3.63, 3.8) is 0 Å². The molecule has 5 nitrogen and oxygen atoms in total. The molecule has 0 heterocycles. The Morgan fingerprint density at radius 1 is 1.04 bits per heavy atom. The summed E-state index contributed by atoms with van der Waals surface area (Å²) in [6.45, 7) is 0. The van der Waals surface area contributed by atoms with E-state index in [0.29, 0.717) is 36.3 Å².